The summed E-state index contributed by atoms with van der Waals surface area (Å²) in [5.74, 6) is -1.87. The lowest BCUT2D eigenvalue weighted by Crippen LogP contribution is -2.17. The SMILES string of the molecule is O=C(O)c1c(I)ncc(C(F)(F)F)c1C(F)F. The van der Waals surface area contributed by atoms with Gasteiger partial charge in [-0.3, -0.25) is 0 Å². The Morgan fingerprint density at radius 3 is 2.29 bits per heavy atom. The summed E-state index contributed by atoms with van der Waals surface area (Å²) in [6, 6.07) is 0. The second kappa shape index (κ2) is 4.70. The number of pyridine rings is 1. The molecule has 17 heavy (non-hydrogen) atoms. The molecule has 9 heteroatoms. The molecule has 0 amide bonds. The molecule has 1 N–H and O–H groups in total. The van der Waals surface area contributed by atoms with Crippen LogP contribution in [0.2, 0.25) is 0 Å². The quantitative estimate of drug-likeness (QED) is 0.496. The van der Waals surface area contributed by atoms with E-state index in [0.717, 1.165) is 0 Å². The molecule has 0 atom stereocenters. The summed E-state index contributed by atoms with van der Waals surface area (Å²) in [7, 11) is 0. The Labute approximate surface area is 105 Å². The van der Waals surface area contributed by atoms with E-state index in [1.807, 2.05) is 0 Å². The largest absolute Gasteiger partial charge is 0.478 e. The van der Waals surface area contributed by atoms with E-state index in [2.05, 4.69) is 4.98 Å². The number of carbonyl (C=O) groups is 1. The molecule has 1 aromatic rings. The van der Waals surface area contributed by atoms with Crippen molar-refractivity contribution in [3.63, 3.8) is 0 Å². The Bertz CT molecular complexity index is 460. The van der Waals surface area contributed by atoms with Gasteiger partial charge in [0.2, 0.25) is 0 Å². The van der Waals surface area contributed by atoms with Gasteiger partial charge in [-0.1, -0.05) is 0 Å². The van der Waals surface area contributed by atoms with Gasteiger partial charge in [-0.25, -0.2) is 18.6 Å². The highest BCUT2D eigenvalue weighted by Gasteiger charge is 2.39. The molecule has 1 rings (SSSR count). The fourth-order valence-electron chi connectivity index (χ4n) is 1.16. The number of rotatable bonds is 2. The topological polar surface area (TPSA) is 50.2 Å². The van der Waals surface area contributed by atoms with Crippen molar-refractivity contribution in [1.82, 2.24) is 4.98 Å². The molecule has 0 spiro atoms. The van der Waals surface area contributed by atoms with Crippen molar-refractivity contribution >= 4 is 28.6 Å². The van der Waals surface area contributed by atoms with Crippen molar-refractivity contribution in [2.24, 2.45) is 0 Å². The maximum Gasteiger partial charge on any atom is 0.418 e. The molecule has 0 unspecified atom stereocenters. The summed E-state index contributed by atoms with van der Waals surface area (Å²) in [6.45, 7) is 0. The van der Waals surface area contributed by atoms with Gasteiger partial charge < -0.3 is 5.11 Å². The van der Waals surface area contributed by atoms with Crippen LogP contribution in [0.25, 0.3) is 0 Å². The van der Waals surface area contributed by atoms with E-state index < -0.39 is 39.0 Å². The Morgan fingerprint density at radius 1 is 1.41 bits per heavy atom. The first-order chi connectivity index (χ1) is 7.66. The van der Waals surface area contributed by atoms with Crippen LogP contribution in [-0.4, -0.2) is 16.1 Å². The second-order valence-electron chi connectivity index (χ2n) is 2.85. The fourth-order valence-corrected chi connectivity index (χ4v) is 1.82. The van der Waals surface area contributed by atoms with Gasteiger partial charge in [-0.05, 0) is 22.6 Å². The number of aromatic nitrogens is 1. The van der Waals surface area contributed by atoms with Crippen LogP contribution in [0.4, 0.5) is 22.0 Å². The molecule has 0 fully saturated rings. The standard InChI is InChI=1S/C8H3F5INO2/c9-5(10)3-2(8(11,12)13)1-15-6(14)4(3)7(16)17/h1,5H,(H,16,17). The molecule has 0 saturated heterocycles. The number of hydrogen-bond acceptors (Lipinski definition) is 2. The lowest BCUT2D eigenvalue weighted by molar-refractivity contribution is -0.139. The third-order valence-electron chi connectivity index (χ3n) is 1.81. The minimum absolute atomic E-state index is 0.204. The molecular weight excluding hydrogens is 364 g/mol. The predicted octanol–water partition coefficient (Wildman–Crippen LogP) is 3.34. The Balaban J connectivity index is 3.65. The monoisotopic (exact) mass is 367 g/mol. The average molecular weight is 367 g/mol. The molecule has 0 aliphatic carbocycles. The fraction of sp³-hybridized carbons (Fsp3) is 0.250. The Hall–Kier alpha value is -1.00. The smallest absolute Gasteiger partial charge is 0.418 e. The third-order valence-corrected chi connectivity index (χ3v) is 2.63. The predicted molar refractivity (Wildman–Crippen MR) is 53.9 cm³/mol. The summed E-state index contributed by atoms with van der Waals surface area (Å²) in [5.41, 5.74) is -4.40. The molecule has 3 nitrogen and oxygen atoms in total. The van der Waals surface area contributed by atoms with Crippen LogP contribution in [-0.2, 0) is 6.18 Å². The van der Waals surface area contributed by atoms with Gasteiger partial charge in [0.25, 0.3) is 6.43 Å². The number of aromatic carboxylic acids is 1. The number of nitrogens with zero attached hydrogens (tertiary/aromatic N) is 1. The minimum atomic E-state index is -5.08. The number of alkyl halides is 5. The van der Waals surface area contributed by atoms with Crippen molar-refractivity contribution in [2.75, 3.05) is 0 Å². The first-order valence-corrected chi connectivity index (χ1v) is 5.01. The zero-order valence-corrected chi connectivity index (χ0v) is 9.88. The van der Waals surface area contributed by atoms with Gasteiger partial charge in [0.15, 0.2) is 0 Å². The van der Waals surface area contributed by atoms with Crippen molar-refractivity contribution in [1.29, 1.82) is 0 Å². The first kappa shape index (κ1) is 14.1. The average Bonchev–Trinajstić information content (AvgIpc) is 2.14. The van der Waals surface area contributed by atoms with Gasteiger partial charge in [-0.15, -0.1) is 0 Å². The van der Waals surface area contributed by atoms with Crippen LogP contribution < -0.4 is 0 Å². The van der Waals surface area contributed by atoms with Gasteiger partial charge in [0.05, 0.1) is 5.56 Å². The van der Waals surface area contributed by atoms with Crippen LogP contribution in [0.1, 0.15) is 27.9 Å². The zero-order chi connectivity index (χ0) is 13.4. The van der Waals surface area contributed by atoms with Gasteiger partial charge in [0.1, 0.15) is 9.26 Å². The first-order valence-electron chi connectivity index (χ1n) is 3.93. The molecule has 0 bridgehead atoms. The summed E-state index contributed by atoms with van der Waals surface area (Å²) in [4.78, 5) is 13.8. The van der Waals surface area contributed by atoms with Crippen molar-refractivity contribution in [3.8, 4) is 0 Å². The number of carboxylic acid groups (broad SMARTS) is 1. The molecule has 0 aromatic carbocycles. The maximum atomic E-state index is 12.6. The summed E-state index contributed by atoms with van der Waals surface area (Å²) < 4.78 is 62.0. The molecule has 0 aliphatic heterocycles. The summed E-state index contributed by atoms with van der Waals surface area (Å²) >= 11 is 1.29. The molecule has 0 saturated carbocycles. The van der Waals surface area contributed by atoms with E-state index in [1.54, 1.807) is 0 Å². The van der Waals surface area contributed by atoms with Crippen molar-refractivity contribution in [2.45, 2.75) is 12.6 Å². The number of halogens is 6. The molecule has 1 aromatic heterocycles. The Morgan fingerprint density at radius 2 is 1.94 bits per heavy atom. The van der Waals surface area contributed by atoms with Crippen molar-refractivity contribution in [3.05, 3.63) is 26.6 Å². The number of carboxylic acids is 1. The van der Waals surface area contributed by atoms with E-state index in [1.165, 1.54) is 22.6 Å². The zero-order valence-electron chi connectivity index (χ0n) is 7.73. The second-order valence-corrected chi connectivity index (χ2v) is 3.88. The van der Waals surface area contributed by atoms with Crippen LogP contribution >= 0.6 is 22.6 Å². The van der Waals surface area contributed by atoms with E-state index >= 15 is 0 Å². The summed E-state index contributed by atoms with van der Waals surface area (Å²) in [5, 5.41) is 8.64. The van der Waals surface area contributed by atoms with E-state index in [0.29, 0.717) is 0 Å². The highest BCUT2D eigenvalue weighted by atomic mass is 127. The van der Waals surface area contributed by atoms with E-state index in [9.17, 15) is 26.7 Å². The lowest BCUT2D eigenvalue weighted by atomic mass is 10.0. The van der Waals surface area contributed by atoms with Gasteiger partial charge in [-0.2, -0.15) is 13.2 Å². The van der Waals surface area contributed by atoms with Gasteiger partial charge >= 0.3 is 12.1 Å². The van der Waals surface area contributed by atoms with Gasteiger partial charge in [0, 0.05) is 11.8 Å². The minimum Gasteiger partial charge on any atom is -0.478 e. The highest BCUT2D eigenvalue weighted by Crippen LogP contribution is 2.38. The number of hydrogen-bond donors (Lipinski definition) is 1. The van der Waals surface area contributed by atoms with Crippen LogP contribution in [0.5, 0.6) is 0 Å². The molecule has 0 radical (unpaired) electrons. The highest BCUT2D eigenvalue weighted by molar-refractivity contribution is 14.1. The summed E-state index contributed by atoms with van der Waals surface area (Å²) in [6.07, 6.45) is -8.42. The van der Waals surface area contributed by atoms with E-state index in [-0.39, 0.29) is 6.20 Å². The van der Waals surface area contributed by atoms with Crippen LogP contribution in [0, 0.1) is 3.70 Å². The van der Waals surface area contributed by atoms with Crippen LogP contribution in [0.15, 0.2) is 6.20 Å². The van der Waals surface area contributed by atoms with E-state index in [4.69, 9.17) is 5.11 Å². The molecular formula is C8H3F5INO2. The normalized spacial score (nSPS) is 11.9. The van der Waals surface area contributed by atoms with Crippen LogP contribution in [0.3, 0.4) is 0 Å². The molecule has 1 heterocycles. The lowest BCUT2D eigenvalue weighted by Gasteiger charge is -2.14. The molecule has 0 aliphatic rings. The Kier molecular flexibility index (Phi) is 3.89. The molecule has 94 valence electrons. The maximum absolute atomic E-state index is 12.6. The van der Waals surface area contributed by atoms with Crippen molar-refractivity contribution < 1.29 is 31.9 Å². The third kappa shape index (κ3) is 2.82.